The molecule has 3 saturated heterocycles. The zero-order valence-corrected chi connectivity index (χ0v) is 18.5. The van der Waals surface area contributed by atoms with Crippen molar-refractivity contribution in [2.45, 2.75) is 50.9 Å². The van der Waals surface area contributed by atoms with Crippen LogP contribution in [0, 0.1) is 5.92 Å². The monoisotopic (exact) mass is 417 g/mol. The Morgan fingerprint density at radius 1 is 0.871 bits per heavy atom. The number of rotatable bonds is 5. The lowest BCUT2D eigenvalue weighted by atomic mass is 9.84. The zero-order valence-electron chi connectivity index (χ0n) is 18.5. The average Bonchev–Trinajstić information content (AvgIpc) is 3.11. The van der Waals surface area contributed by atoms with Gasteiger partial charge in [0.05, 0.1) is 12.1 Å². The number of β-lactam (4-membered cyclic amide) rings is 1. The Morgan fingerprint density at radius 2 is 1.45 bits per heavy atom. The Bertz CT molecular complexity index is 969. The third-order valence-corrected chi connectivity index (χ3v) is 7.26. The van der Waals surface area contributed by atoms with E-state index in [1.165, 1.54) is 5.56 Å². The topological polar surface area (TPSA) is 43.9 Å². The second kappa shape index (κ2) is 7.49. The number of amides is 2. The first kappa shape index (κ1) is 20.3. The standard InChI is InChI=1S/C26H31N3O2/c1-20(2)23(30)29-25(17-27(18-25)15-21-9-5-3-6-10-21)13-14-26(29)19-28(24(26)31)16-22-11-7-4-8-12-22/h3-12,20H,13-19H2,1-2H3/t26-/m0/s1. The van der Waals surface area contributed by atoms with Crippen molar-refractivity contribution in [3.8, 4) is 0 Å². The molecule has 5 heteroatoms. The largest absolute Gasteiger partial charge is 0.333 e. The molecule has 2 spiro atoms. The van der Waals surface area contributed by atoms with Crippen LogP contribution in [0.1, 0.15) is 37.8 Å². The molecule has 0 saturated carbocycles. The van der Waals surface area contributed by atoms with E-state index in [0.717, 1.165) is 38.0 Å². The smallest absolute Gasteiger partial charge is 0.250 e. The van der Waals surface area contributed by atoms with Gasteiger partial charge in [0.15, 0.2) is 0 Å². The van der Waals surface area contributed by atoms with Crippen molar-refractivity contribution in [2.24, 2.45) is 5.92 Å². The summed E-state index contributed by atoms with van der Waals surface area (Å²) < 4.78 is 0. The van der Waals surface area contributed by atoms with E-state index in [2.05, 4.69) is 41.3 Å². The van der Waals surface area contributed by atoms with E-state index in [1.54, 1.807) is 0 Å². The summed E-state index contributed by atoms with van der Waals surface area (Å²) in [6.45, 7) is 7.79. The second-order valence-electron chi connectivity index (χ2n) is 9.86. The number of nitrogens with zero attached hydrogens (tertiary/aromatic N) is 3. The Labute approximate surface area is 184 Å². The quantitative estimate of drug-likeness (QED) is 0.701. The first-order valence-electron chi connectivity index (χ1n) is 11.4. The number of carbonyl (C=O) groups excluding carboxylic acids is 2. The first-order valence-corrected chi connectivity index (χ1v) is 11.4. The summed E-state index contributed by atoms with van der Waals surface area (Å²) in [5.41, 5.74) is 1.61. The summed E-state index contributed by atoms with van der Waals surface area (Å²) in [5, 5.41) is 0. The molecule has 0 N–H and O–H groups in total. The molecular weight excluding hydrogens is 386 g/mol. The van der Waals surface area contributed by atoms with Crippen molar-refractivity contribution in [1.82, 2.24) is 14.7 Å². The molecule has 3 heterocycles. The lowest BCUT2D eigenvalue weighted by molar-refractivity contribution is -0.182. The van der Waals surface area contributed by atoms with Crippen LogP contribution in [0.15, 0.2) is 60.7 Å². The van der Waals surface area contributed by atoms with Gasteiger partial charge < -0.3 is 9.80 Å². The van der Waals surface area contributed by atoms with Crippen LogP contribution in [0.5, 0.6) is 0 Å². The van der Waals surface area contributed by atoms with E-state index in [0.29, 0.717) is 13.1 Å². The molecule has 3 aliphatic heterocycles. The minimum Gasteiger partial charge on any atom is -0.333 e. The minimum atomic E-state index is -0.630. The SMILES string of the molecule is CC(C)C(=O)N1C2(CC[C@@]13CN(Cc1ccccc1)C3=O)CN(Cc1ccccc1)C2. The fraction of sp³-hybridized carbons (Fsp3) is 0.462. The highest BCUT2D eigenvalue weighted by Crippen LogP contribution is 2.51. The highest BCUT2D eigenvalue weighted by Gasteiger charge is 2.69. The van der Waals surface area contributed by atoms with Gasteiger partial charge in [-0.2, -0.15) is 0 Å². The molecule has 0 aromatic heterocycles. The Morgan fingerprint density at radius 3 is 2.00 bits per heavy atom. The Balaban J connectivity index is 1.33. The molecule has 0 unspecified atom stereocenters. The third kappa shape index (κ3) is 3.26. The van der Waals surface area contributed by atoms with Crippen molar-refractivity contribution >= 4 is 11.8 Å². The molecule has 3 aliphatic rings. The molecule has 2 aromatic rings. The fourth-order valence-corrected chi connectivity index (χ4v) is 5.80. The van der Waals surface area contributed by atoms with E-state index in [-0.39, 0.29) is 23.3 Å². The van der Waals surface area contributed by atoms with Crippen LogP contribution in [0.4, 0.5) is 0 Å². The Hall–Kier alpha value is -2.66. The predicted octanol–water partition coefficient (Wildman–Crippen LogP) is 3.30. The van der Waals surface area contributed by atoms with Gasteiger partial charge in [0.2, 0.25) is 5.91 Å². The summed E-state index contributed by atoms with van der Waals surface area (Å²) in [4.78, 5) is 33.2. The molecule has 1 atom stereocenters. The molecule has 2 amide bonds. The van der Waals surface area contributed by atoms with Crippen molar-refractivity contribution in [2.75, 3.05) is 19.6 Å². The van der Waals surface area contributed by atoms with E-state index < -0.39 is 5.54 Å². The van der Waals surface area contributed by atoms with Crippen molar-refractivity contribution < 1.29 is 9.59 Å². The fourth-order valence-electron chi connectivity index (χ4n) is 5.80. The van der Waals surface area contributed by atoms with Gasteiger partial charge >= 0.3 is 0 Å². The maximum Gasteiger partial charge on any atom is 0.250 e. The van der Waals surface area contributed by atoms with Crippen LogP contribution in [0.3, 0.4) is 0 Å². The Kier molecular flexibility index (Phi) is 4.89. The number of benzene rings is 2. The molecule has 2 aromatic carbocycles. The van der Waals surface area contributed by atoms with Gasteiger partial charge in [-0.1, -0.05) is 74.5 Å². The minimum absolute atomic E-state index is 0.106. The van der Waals surface area contributed by atoms with Crippen LogP contribution >= 0.6 is 0 Å². The summed E-state index contributed by atoms with van der Waals surface area (Å²) in [6, 6.07) is 20.6. The molecule has 31 heavy (non-hydrogen) atoms. The lowest BCUT2D eigenvalue weighted by Gasteiger charge is -2.60. The number of hydrogen-bond acceptors (Lipinski definition) is 3. The average molecular weight is 418 g/mol. The zero-order chi connectivity index (χ0) is 21.6. The maximum absolute atomic E-state index is 13.4. The third-order valence-electron chi connectivity index (χ3n) is 7.26. The van der Waals surface area contributed by atoms with Crippen LogP contribution in [0.2, 0.25) is 0 Å². The van der Waals surface area contributed by atoms with Crippen LogP contribution in [-0.2, 0) is 22.7 Å². The molecule has 3 fully saturated rings. The van der Waals surface area contributed by atoms with Crippen LogP contribution in [-0.4, -0.2) is 57.2 Å². The van der Waals surface area contributed by atoms with Gasteiger partial charge in [0.25, 0.3) is 5.91 Å². The normalized spacial score (nSPS) is 24.7. The number of hydrogen-bond donors (Lipinski definition) is 0. The van der Waals surface area contributed by atoms with Crippen molar-refractivity contribution in [1.29, 1.82) is 0 Å². The van der Waals surface area contributed by atoms with Gasteiger partial charge in [0.1, 0.15) is 5.54 Å². The molecule has 162 valence electrons. The molecule has 0 bridgehead atoms. The number of likely N-dealkylation sites (tertiary alicyclic amines) is 3. The van der Waals surface area contributed by atoms with Gasteiger partial charge in [-0.25, -0.2) is 0 Å². The first-order chi connectivity index (χ1) is 14.9. The van der Waals surface area contributed by atoms with E-state index >= 15 is 0 Å². The summed E-state index contributed by atoms with van der Waals surface area (Å²) >= 11 is 0. The highest BCUT2D eigenvalue weighted by molar-refractivity contribution is 5.98. The molecule has 5 rings (SSSR count). The van der Waals surface area contributed by atoms with Gasteiger partial charge in [-0.05, 0) is 24.0 Å². The molecule has 0 aliphatic carbocycles. The lowest BCUT2D eigenvalue weighted by Crippen LogP contribution is -2.79. The van der Waals surface area contributed by atoms with Gasteiger partial charge in [-0.15, -0.1) is 0 Å². The van der Waals surface area contributed by atoms with Crippen LogP contribution in [0.25, 0.3) is 0 Å². The van der Waals surface area contributed by atoms with Gasteiger partial charge in [-0.3, -0.25) is 14.5 Å². The van der Waals surface area contributed by atoms with Crippen LogP contribution < -0.4 is 0 Å². The summed E-state index contributed by atoms with van der Waals surface area (Å²) in [7, 11) is 0. The summed E-state index contributed by atoms with van der Waals surface area (Å²) in [6.07, 6.45) is 1.70. The molecule has 0 radical (unpaired) electrons. The number of carbonyl (C=O) groups is 2. The van der Waals surface area contributed by atoms with E-state index in [4.69, 9.17) is 0 Å². The molecular formula is C26H31N3O2. The van der Waals surface area contributed by atoms with Gasteiger partial charge in [0, 0.05) is 32.1 Å². The van der Waals surface area contributed by atoms with E-state index in [9.17, 15) is 9.59 Å². The van der Waals surface area contributed by atoms with Crippen molar-refractivity contribution in [3.05, 3.63) is 71.8 Å². The summed E-state index contributed by atoms with van der Waals surface area (Å²) in [5.74, 6) is 0.152. The molecule has 5 nitrogen and oxygen atoms in total. The second-order valence-corrected chi connectivity index (χ2v) is 9.86. The maximum atomic E-state index is 13.4. The van der Waals surface area contributed by atoms with E-state index in [1.807, 2.05) is 47.9 Å². The van der Waals surface area contributed by atoms with Crippen molar-refractivity contribution in [3.63, 3.8) is 0 Å². The highest BCUT2D eigenvalue weighted by atomic mass is 16.2. The predicted molar refractivity (Wildman–Crippen MR) is 120 cm³/mol.